The van der Waals surface area contributed by atoms with E-state index in [1.54, 1.807) is 0 Å². The van der Waals surface area contributed by atoms with Crippen LogP contribution >= 0.6 is 0 Å². The van der Waals surface area contributed by atoms with Gasteiger partial charge in [-0.1, -0.05) is 18.2 Å². The van der Waals surface area contributed by atoms with E-state index < -0.39 is 0 Å². The topological polar surface area (TPSA) is 48.1 Å². The van der Waals surface area contributed by atoms with Crippen LogP contribution in [0.15, 0.2) is 29.8 Å². The fraction of sp³-hybridized carbons (Fsp3) is 0.357. The van der Waals surface area contributed by atoms with Crippen molar-refractivity contribution < 1.29 is 19.0 Å². The Morgan fingerprint density at radius 3 is 2.94 bits per heavy atom. The van der Waals surface area contributed by atoms with Crippen LogP contribution < -0.4 is 4.74 Å². The molecule has 0 spiro atoms. The molecule has 1 aromatic carbocycles. The minimum atomic E-state index is -0.227. The average Bonchev–Trinajstić information content (AvgIpc) is 3.13. The van der Waals surface area contributed by atoms with Crippen molar-refractivity contribution in [2.45, 2.75) is 12.5 Å². The molecule has 0 saturated carbocycles. The summed E-state index contributed by atoms with van der Waals surface area (Å²) in [4.78, 5) is 11.4. The number of cyclic esters (lactones) is 1. The van der Waals surface area contributed by atoms with Crippen molar-refractivity contribution >= 4 is 12.0 Å². The molecule has 2 aliphatic heterocycles. The van der Waals surface area contributed by atoms with Crippen molar-refractivity contribution in [3.8, 4) is 5.75 Å². The van der Waals surface area contributed by atoms with Gasteiger partial charge in [-0.25, -0.2) is 4.79 Å². The quantitative estimate of drug-likeness (QED) is 0.461. The summed E-state index contributed by atoms with van der Waals surface area (Å²) in [5.41, 5.74) is 1.61. The fourth-order valence-electron chi connectivity index (χ4n) is 1.85. The standard InChI is InChI=1S/C14H14O4/c15-14-11(5-6-16-14)7-10-3-1-2-4-13(10)18-9-12-8-17-12/h1-4,7,12H,5-6,8-9H2/b11-7+/t12-/m1/s1. The molecule has 4 nitrogen and oxygen atoms in total. The molecule has 0 aliphatic carbocycles. The highest BCUT2D eigenvalue weighted by Gasteiger charge is 2.23. The number of hydrogen-bond acceptors (Lipinski definition) is 4. The Morgan fingerprint density at radius 2 is 2.22 bits per heavy atom. The van der Waals surface area contributed by atoms with Gasteiger partial charge in [-0.2, -0.15) is 0 Å². The van der Waals surface area contributed by atoms with Crippen LogP contribution in [0.2, 0.25) is 0 Å². The van der Waals surface area contributed by atoms with E-state index in [1.165, 1.54) is 0 Å². The van der Waals surface area contributed by atoms with Crippen molar-refractivity contribution in [2.24, 2.45) is 0 Å². The minimum Gasteiger partial charge on any atom is -0.490 e. The molecule has 2 aliphatic rings. The van der Waals surface area contributed by atoms with Crippen molar-refractivity contribution in [3.63, 3.8) is 0 Å². The van der Waals surface area contributed by atoms with Crippen LogP contribution in [0, 0.1) is 0 Å². The summed E-state index contributed by atoms with van der Waals surface area (Å²) in [7, 11) is 0. The molecule has 1 aromatic rings. The van der Waals surface area contributed by atoms with Crippen LogP contribution in [0.5, 0.6) is 5.75 Å². The van der Waals surface area contributed by atoms with Gasteiger partial charge < -0.3 is 14.2 Å². The van der Waals surface area contributed by atoms with Gasteiger partial charge in [-0.05, 0) is 12.1 Å². The molecule has 2 saturated heterocycles. The van der Waals surface area contributed by atoms with E-state index >= 15 is 0 Å². The largest absolute Gasteiger partial charge is 0.490 e. The van der Waals surface area contributed by atoms with Gasteiger partial charge >= 0.3 is 5.97 Å². The second kappa shape index (κ2) is 4.82. The number of epoxide rings is 1. The van der Waals surface area contributed by atoms with E-state index in [2.05, 4.69) is 0 Å². The Labute approximate surface area is 105 Å². The number of ether oxygens (including phenoxy) is 3. The van der Waals surface area contributed by atoms with Gasteiger partial charge in [0.05, 0.1) is 13.2 Å². The molecule has 2 heterocycles. The molecule has 0 amide bonds. The smallest absolute Gasteiger partial charge is 0.334 e. The van der Waals surface area contributed by atoms with Gasteiger partial charge in [-0.3, -0.25) is 0 Å². The van der Waals surface area contributed by atoms with Crippen LogP contribution in [0.3, 0.4) is 0 Å². The summed E-state index contributed by atoms with van der Waals surface area (Å²) >= 11 is 0. The van der Waals surface area contributed by atoms with Gasteiger partial charge in [0.1, 0.15) is 18.5 Å². The number of esters is 1. The summed E-state index contributed by atoms with van der Waals surface area (Å²) in [5, 5.41) is 0. The Kier molecular flexibility index (Phi) is 3.02. The predicted molar refractivity (Wildman–Crippen MR) is 65.2 cm³/mol. The fourth-order valence-corrected chi connectivity index (χ4v) is 1.85. The summed E-state index contributed by atoms with van der Waals surface area (Å²) in [6, 6.07) is 7.67. The molecule has 4 heteroatoms. The third-order valence-corrected chi connectivity index (χ3v) is 2.94. The Hall–Kier alpha value is -1.81. The van der Waals surface area contributed by atoms with E-state index in [1.807, 2.05) is 30.3 Å². The lowest BCUT2D eigenvalue weighted by molar-refractivity contribution is -0.134. The summed E-state index contributed by atoms with van der Waals surface area (Å²) in [6.07, 6.45) is 2.74. The molecule has 0 N–H and O–H groups in total. The number of hydrogen-bond donors (Lipinski definition) is 0. The SMILES string of the molecule is O=C1OCC/C1=C\c1ccccc1OC[C@H]1CO1. The third-order valence-electron chi connectivity index (χ3n) is 2.94. The molecule has 0 aromatic heterocycles. The molecule has 18 heavy (non-hydrogen) atoms. The molecule has 2 fully saturated rings. The monoisotopic (exact) mass is 246 g/mol. The average molecular weight is 246 g/mol. The molecule has 0 unspecified atom stereocenters. The highest BCUT2D eigenvalue weighted by Crippen LogP contribution is 2.25. The van der Waals surface area contributed by atoms with E-state index in [-0.39, 0.29) is 12.1 Å². The van der Waals surface area contributed by atoms with Gasteiger partial charge in [0.2, 0.25) is 0 Å². The van der Waals surface area contributed by atoms with Gasteiger partial charge in [-0.15, -0.1) is 0 Å². The van der Waals surface area contributed by atoms with E-state index in [9.17, 15) is 4.79 Å². The summed E-state index contributed by atoms with van der Waals surface area (Å²) in [5.74, 6) is 0.551. The Morgan fingerprint density at radius 1 is 1.39 bits per heavy atom. The Bertz CT molecular complexity index is 488. The third kappa shape index (κ3) is 2.54. The first-order valence-electron chi connectivity index (χ1n) is 6.04. The van der Waals surface area contributed by atoms with Crippen LogP contribution in [-0.2, 0) is 14.3 Å². The molecule has 94 valence electrons. The zero-order chi connectivity index (χ0) is 12.4. The lowest BCUT2D eigenvalue weighted by Crippen LogP contribution is -2.05. The molecular formula is C14H14O4. The first-order chi connectivity index (χ1) is 8.83. The second-order valence-electron chi connectivity index (χ2n) is 4.36. The predicted octanol–water partition coefficient (Wildman–Crippen LogP) is 1.79. The van der Waals surface area contributed by atoms with Crippen molar-refractivity contribution in [3.05, 3.63) is 35.4 Å². The van der Waals surface area contributed by atoms with Crippen molar-refractivity contribution in [2.75, 3.05) is 19.8 Å². The van der Waals surface area contributed by atoms with Gasteiger partial charge in [0.25, 0.3) is 0 Å². The molecule has 0 radical (unpaired) electrons. The van der Waals surface area contributed by atoms with Crippen molar-refractivity contribution in [1.29, 1.82) is 0 Å². The molecule has 3 rings (SSSR count). The van der Waals surface area contributed by atoms with Crippen LogP contribution in [-0.4, -0.2) is 31.9 Å². The highest BCUT2D eigenvalue weighted by molar-refractivity contribution is 5.95. The Balaban J connectivity index is 1.79. The first-order valence-corrected chi connectivity index (χ1v) is 6.04. The molecule has 1 atom stereocenters. The normalized spacial score (nSPS) is 24.1. The van der Waals surface area contributed by atoms with Gasteiger partial charge in [0.15, 0.2) is 0 Å². The van der Waals surface area contributed by atoms with Crippen LogP contribution in [0.4, 0.5) is 0 Å². The number of benzene rings is 1. The highest BCUT2D eigenvalue weighted by atomic mass is 16.6. The maximum Gasteiger partial charge on any atom is 0.334 e. The molecular weight excluding hydrogens is 232 g/mol. The lowest BCUT2D eigenvalue weighted by atomic mass is 10.1. The summed E-state index contributed by atoms with van der Waals surface area (Å²) in [6.45, 7) is 1.81. The lowest BCUT2D eigenvalue weighted by Gasteiger charge is -2.07. The van der Waals surface area contributed by atoms with Gasteiger partial charge in [0, 0.05) is 17.6 Å². The van der Waals surface area contributed by atoms with E-state index in [0.29, 0.717) is 25.2 Å². The van der Waals surface area contributed by atoms with Crippen LogP contribution in [0.25, 0.3) is 6.08 Å². The van der Waals surface area contributed by atoms with Crippen molar-refractivity contribution in [1.82, 2.24) is 0 Å². The maximum absolute atomic E-state index is 11.4. The number of carbonyl (C=O) groups is 1. The van der Waals surface area contributed by atoms with Crippen LogP contribution in [0.1, 0.15) is 12.0 Å². The van der Waals surface area contributed by atoms with E-state index in [4.69, 9.17) is 14.2 Å². The maximum atomic E-state index is 11.4. The minimum absolute atomic E-state index is 0.224. The zero-order valence-corrected chi connectivity index (χ0v) is 9.93. The number of carbonyl (C=O) groups excluding carboxylic acids is 1. The molecule has 0 bridgehead atoms. The number of rotatable bonds is 4. The second-order valence-corrected chi connectivity index (χ2v) is 4.36. The number of para-hydroxylation sites is 1. The summed E-state index contributed by atoms with van der Waals surface area (Å²) < 4.78 is 15.7. The zero-order valence-electron chi connectivity index (χ0n) is 9.93. The van der Waals surface area contributed by atoms with E-state index in [0.717, 1.165) is 17.9 Å². The first kappa shape index (κ1) is 11.3.